The first kappa shape index (κ1) is 13.3. The fraction of sp³-hybridized carbons (Fsp3) is 0.615. The Morgan fingerprint density at radius 3 is 2.44 bits per heavy atom. The van der Waals surface area contributed by atoms with Gasteiger partial charge in [-0.05, 0) is 43.5 Å². The van der Waals surface area contributed by atoms with E-state index >= 15 is 0 Å². The number of hydrogen-bond acceptors (Lipinski definition) is 2. The van der Waals surface area contributed by atoms with Gasteiger partial charge in [0, 0.05) is 12.7 Å². The molecule has 2 nitrogen and oxygen atoms in total. The van der Waals surface area contributed by atoms with Crippen LogP contribution in [0.5, 0.6) is 0 Å². The lowest BCUT2D eigenvalue weighted by molar-refractivity contribution is -0.141. The average Bonchev–Trinajstić information content (AvgIpc) is 2.32. The molecule has 0 unspecified atom stereocenters. The van der Waals surface area contributed by atoms with E-state index in [0.29, 0.717) is 6.54 Å². The van der Waals surface area contributed by atoms with E-state index in [-0.39, 0.29) is 0 Å². The predicted molar refractivity (Wildman–Crippen MR) is 62.9 cm³/mol. The fourth-order valence-electron chi connectivity index (χ4n) is 2.16. The lowest BCUT2D eigenvalue weighted by Gasteiger charge is -2.30. The number of rotatable bonds is 2. The molecule has 0 amide bonds. The minimum atomic E-state index is -4.35. The second-order valence-corrected chi connectivity index (χ2v) is 5.01. The van der Waals surface area contributed by atoms with Crippen LogP contribution in [-0.4, -0.2) is 23.0 Å². The third-order valence-corrected chi connectivity index (χ3v) is 3.40. The maximum absolute atomic E-state index is 12.3. The summed E-state index contributed by atoms with van der Waals surface area (Å²) in [5.41, 5.74) is 0.0241. The maximum Gasteiger partial charge on any atom is 0.433 e. The van der Waals surface area contributed by atoms with Gasteiger partial charge in [0.1, 0.15) is 5.69 Å². The molecule has 1 aliphatic heterocycles. The van der Waals surface area contributed by atoms with E-state index in [0.717, 1.165) is 43.5 Å². The van der Waals surface area contributed by atoms with Crippen molar-refractivity contribution >= 4 is 0 Å². The van der Waals surface area contributed by atoms with E-state index in [2.05, 4.69) is 16.8 Å². The van der Waals surface area contributed by atoms with E-state index in [4.69, 9.17) is 0 Å². The Kier molecular flexibility index (Phi) is 3.90. The zero-order chi connectivity index (χ0) is 13.2. The van der Waals surface area contributed by atoms with E-state index in [1.54, 1.807) is 0 Å². The molecule has 0 bridgehead atoms. The van der Waals surface area contributed by atoms with Crippen LogP contribution in [0.15, 0.2) is 18.3 Å². The molecule has 1 aliphatic rings. The molecule has 0 saturated carbocycles. The molecular formula is C13H17F3N2. The van der Waals surface area contributed by atoms with Gasteiger partial charge in [-0.25, -0.2) is 0 Å². The van der Waals surface area contributed by atoms with Gasteiger partial charge in [-0.15, -0.1) is 0 Å². The zero-order valence-electron chi connectivity index (χ0n) is 10.4. The Morgan fingerprint density at radius 1 is 1.28 bits per heavy atom. The van der Waals surface area contributed by atoms with Crippen molar-refractivity contribution < 1.29 is 13.2 Å². The highest BCUT2D eigenvalue weighted by Gasteiger charge is 2.32. The first-order valence-electron chi connectivity index (χ1n) is 6.19. The van der Waals surface area contributed by atoms with Crippen molar-refractivity contribution in [3.05, 3.63) is 29.6 Å². The van der Waals surface area contributed by atoms with E-state index < -0.39 is 11.9 Å². The molecule has 1 saturated heterocycles. The number of aromatic nitrogens is 1. The highest BCUT2D eigenvalue weighted by Crippen LogP contribution is 2.27. The minimum absolute atomic E-state index is 0.692. The molecule has 1 fully saturated rings. The summed E-state index contributed by atoms with van der Waals surface area (Å²) in [6, 6.07) is 2.58. The third-order valence-electron chi connectivity index (χ3n) is 3.40. The summed E-state index contributed by atoms with van der Waals surface area (Å²) in [5.74, 6) is 0.756. The lowest BCUT2D eigenvalue weighted by atomic mass is 9.99. The monoisotopic (exact) mass is 258 g/mol. The second kappa shape index (κ2) is 5.26. The fourth-order valence-corrected chi connectivity index (χ4v) is 2.16. The van der Waals surface area contributed by atoms with Crippen molar-refractivity contribution in [3.63, 3.8) is 0 Å². The number of likely N-dealkylation sites (tertiary alicyclic amines) is 1. The number of hydrogen-bond donors (Lipinski definition) is 0. The topological polar surface area (TPSA) is 16.1 Å². The molecule has 0 aliphatic carbocycles. The van der Waals surface area contributed by atoms with Gasteiger partial charge in [0.15, 0.2) is 0 Å². The second-order valence-electron chi connectivity index (χ2n) is 5.01. The van der Waals surface area contributed by atoms with E-state index in [1.807, 2.05) is 0 Å². The normalized spacial score (nSPS) is 19.1. The molecule has 0 radical (unpaired) electrons. The van der Waals surface area contributed by atoms with Crippen molar-refractivity contribution in [2.24, 2.45) is 5.92 Å². The van der Waals surface area contributed by atoms with Gasteiger partial charge >= 0.3 is 6.18 Å². The summed E-state index contributed by atoms with van der Waals surface area (Å²) >= 11 is 0. The van der Waals surface area contributed by atoms with Crippen molar-refractivity contribution in [3.8, 4) is 0 Å². The molecule has 100 valence electrons. The molecule has 0 spiro atoms. The maximum atomic E-state index is 12.3. The standard InChI is InChI=1S/C13H17F3N2/c1-10-4-6-18(7-5-10)9-11-2-3-12(17-8-11)13(14,15)16/h2-3,8,10H,4-7,9H2,1H3. The molecule has 0 atom stereocenters. The highest BCUT2D eigenvalue weighted by atomic mass is 19.4. The molecule has 18 heavy (non-hydrogen) atoms. The van der Waals surface area contributed by atoms with Gasteiger partial charge in [-0.3, -0.25) is 9.88 Å². The number of piperidine rings is 1. The Morgan fingerprint density at radius 2 is 1.94 bits per heavy atom. The summed E-state index contributed by atoms with van der Waals surface area (Å²) < 4.78 is 37.0. The van der Waals surface area contributed by atoms with E-state index in [9.17, 15) is 13.2 Å². The van der Waals surface area contributed by atoms with Crippen LogP contribution in [-0.2, 0) is 12.7 Å². The van der Waals surface area contributed by atoms with Crippen LogP contribution in [0.1, 0.15) is 31.0 Å². The van der Waals surface area contributed by atoms with Gasteiger partial charge in [0.2, 0.25) is 0 Å². The first-order valence-corrected chi connectivity index (χ1v) is 6.19. The quantitative estimate of drug-likeness (QED) is 0.809. The molecule has 0 aromatic carbocycles. The van der Waals surface area contributed by atoms with Gasteiger partial charge in [-0.1, -0.05) is 13.0 Å². The summed E-state index contributed by atoms with van der Waals surface area (Å²) in [6.07, 6.45) is -0.692. The molecular weight excluding hydrogens is 241 g/mol. The lowest BCUT2D eigenvalue weighted by Crippen LogP contribution is -2.32. The summed E-state index contributed by atoms with van der Waals surface area (Å²) in [7, 11) is 0. The van der Waals surface area contributed by atoms with Crippen LogP contribution in [0.3, 0.4) is 0 Å². The number of alkyl halides is 3. The van der Waals surface area contributed by atoms with Crippen LogP contribution in [0.25, 0.3) is 0 Å². The molecule has 1 aromatic rings. The molecule has 1 aromatic heterocycles. The summed E-state index contributed by atoms with van der Waals surface area (Å²) in [6.45, 7) is 4.96. The Bertz CT molecular complexity index is 378. The molecule has 2 rings (SSSR count). The minimum Gasteiger partial charge on any atom is -0.299 e. The Hall–Kier alpha value is -1.10. The van der Waals surface area contributed by atoms with Crippen LogP contribution in [0.2, 0.25) is 0 Å². The summed E-state index contributed by atoms with van der Waals surface area (Å²) in [4.78, 5) is 5.75. The zero-order valence-corrected chi connectivity index (χ0v) is 10.4. The van der Waals surface area contributed by atoms with Crippen molar-refractivity contribution in [1.82, 2.24) is 9.88 Å². The van der Waals surface area contributed by atoms with Crippen molar-refractivity contribution in [2.45, 2.75) is 32.5 Å². The van der Waals surface area contributed by atoms with Gasteiger partial charge in [0.05, 0.1) is 0 Å². The highest BCUT2D eigenvalue weighted by molar-refractivity contribution is 5.16. The molecule has 5 heteroatoms. The Labute approximate surface area is 105 Å². The predicted octanol–water partition coefficient (Wildman–Crippen LogP) is 3.33. The smallest absolute Gasteiger partial charge is 0.299 e. The van der Waals surface area contributed by atoms with Crippen LogP contribution in [0, 0.1) is 5.92 Å². The van der Waals surface area contributed by atoms with Crippen molar-refractivity contribution in [1.29, 1.82) is 0 Å². The van der Waals surface area contributed by atoms with Gasteiger partial charge < -0.3 is 0 Å². The number of nitrogens with zero attached hydrogens (tertiary/aromatic N) is 2. The molecule has 0 N–H and O–H groups in total. The van der Waals surface area contributed by atoms with Crippen molar-refractivity contribution in [2.75, 3.05) is 13.1 Å². The summed E-state index contributed by atoms with van der Waals surface area (Å²) in [5, 5.41) is 0. The first-order chi connectivity index (χ1) is 8.45. The largest absolute Gasteiger partial charge is 0.433 e. The SMILES string of the molecule is CC1CCN(Cc2ccc(C(F)(F)F)nc2)CC1. The van der Waals surface area contributed by atoms with Crippen LogP contribution < -0.4 is 0 Å². The average molecular weight is 258 g/mol. The van der Waals surface area contributed by atoms with Crippen LogP contribution in [0.4, 0.5) is 13.2 Å². The number of halogens is 3. The Balaban J connectivity index is 1.94. The van der Waals surface area contributed by atoms with Crippen LogP contribution >= 0.6 is 0 Å². The molecule has 2 heterocycles. The van der Waals surface area contributed by atoms with Gasteiger partial charge in [-0.2, -0.15) is 13.2 Å². The van der Waals surface area contributed by atoms with E-state index in [1.165, 1.54) is 12.3 Å². The third kappa shape index (κ3) is 3.45. The van der Waals surface area contributed by atoms with Gasteiger partial charge in [0.25, 0.3) is 0 Å². The number of pyridine rings is 1.